The summed E-state index contributed by atoms with van der Waals surface area (Å²) in [4.78, 5) is 15.8. The molecule has 86 valence electrons. The van der Waals surface area contributed by atoms with E-state index in [1.807, 2.05) is 13.0 Å². The number of nitrogens with zero attached hydrogens (tertiary/aromatic N) is 1. The highest BCUT2D eigenvalue weighted by Gasteiger charge is 2.08. The molecule has 0 aliphatic heterocycles. The fourth-order valence-corrected chi connectivity index (χ4v) is 1.62. The molecule has 4 heteroatoms. The number of carbonyl (C=O) groups is 1. The van der Waals surface area contributed by atoms with Crippen molar-refractivity contribution in [3.05, 3.63) is 58.9 Å². The van der Waals surface area contributed by atoms with Crippen molar-refractivity contribution < 1.29 is 4.79 Å². The Hall–Kier alpha value is -1.87. The van der Waals surface area contributed by atoms with Crippen LogP contribution in [0.2, 0.25) is 5.02 Å². The van der Waals surface area contributed by atoms with Crippen LogP contribution in [0.5, 0.6) is 0 Å². The zero-order chi connectivity index (χ0) is 12.3. The predicted octanol–water partition coefficient (Wildman–Crippen LogP) is 3.30. The minimum Gasteiger partial charge on any atom is -0.322 e. The molecule has 1 heterocycles. The maximum Gasteiger partial charge on any atom is 0.255 e. The summed E-state index contributed by atoms with van der Waals surface area (Å²) in [5.41, 5.74) is 2.15. The molecule has 3 nitrogen and oxygen atoms in total. The Morgan fingerprint density at radius 2 is 1.94 bits per heavy atom. The fraction of sp³-hybridized carbons (Fsp3) is 0.0769. The number of rotatable bonds is 2. The lowest BCUT2D eigenvalue weighted by molar-refractivity contribution is 0.102. The van der Waals surface area contributed by atoms with Crippen LogP contribution in [0.1, 0.15) is 15.9 Å². The Labute approximate surface area is 104 Å². The Morgan fingerprint density at radius 1 is 1.24 bits per heavy atom. The summed E-state index contributed by atoms with van der Waals surface area (Å²) in [6.07, 6.45) is 3.17. The van der Waals surface area contributed by atoms with Crippen molar-refractivity contribution in [2.75, 3.05) is 5.32 Å². The molecule has 0 saturated heterocycles. The normalized spacial score (nSPS) is 10.0. The number of hydrogen-bond acceptors (Lipinski definition) is 2. The first-order valence-corrected chi connectivity index (χ1v) is 5.53. The molecule has 0 unspecified atom stereocenters. The van der Waals surface area contributed by atoms with Crippen molar-refractivity contribution in [1.29, 1.82) is 0 Å². The Morgan fingerprint density at radius 3 is 2.65 bits per heavy atom. The number of hydrogen-bond donors (Lipinski definition) is 1. The van der Waals surface area contributed by atoms with Crippen LogP contribution in [0.4, 0.5) is 5.69 Å². The van der Waals surface area contributed by atoms with E-state index in [4.69, 9.17) is 11.6 Å². The highest BCUT2D eigenvalue weighted by Crippen LogP contribution is 2.23. The number of carbonyl (C=O) groups excluding carboxylic acids is 1. The number of pyridine rings is 1. The molecule has 0 aliphatic rings. The average Bonchev–Trinajstić information content (AvgIpc) is 2.36. The van der Waals surface area contributed by atoms with Crippen molar-refractivity contribution in [1.82, 2.24) is 4.98 Å². The van der Waals surface area contributed by atoms with E-state index >= 15 is 0 Å². The van der Waals surface area contributed by atoms with E-state index in [1.54, 1.807) is 36.7 Å². The van der Waals surface area contributed by atoms with E-state index in [0.717, 1.165) is 11.3 Å². The summed E-state index contributed by atoms with van der Waals surface area (Å²) in [6.45, 7) is 1.87. The zero-order valence-corrected chi connectivity index (χ0v) is 10.0. The van der Waals surface area contributed by atoms with Gasteiger partial charge in [-0.3, -0.25) is 9.78 Å². The molecule has 17 heavy (non-hydrogen) atoms. The lowest BCUT2D eigenvalue weighted by atomic mass is 10.2. The molecule has 0 aliphatic carbocycles. The van der Waals surface area contributed by atoms with E-state index in [9.17, 15) is 4.79 Å². The van der Waals surface area contributed by atoms with Gasteiger partial charge < -0.3 is 5.32 Å². The van der Waals surface area contributed by atoms with Gasteiger partial charge in [0.1, 0.15) is 0 Å². The van der Waals surface area contributed by atoms with Crippen molar-refractivity contribution in [2.24, 2.45) is 0 Å². The lowest BCUT2D eigenvalue weighted by Crippen LogP contribution is -2.12. The van der Waals surface area contributed by atoms with Crippen molar-refractivity contribution >= 4 is 23.2 Å². The van der Waals surface area contributed by atoms with Gasteiger partial charge in [-0.05, 0) is 36.8 Å². The van der Waals surface area contributed by atoms with Gasteiger partial charge in [0.2, 0.25) is 0 Å². The maximum absolute atomic E-state index is 11.9. The number of nitrogens with one attached hydrogen (secondary N) is 1. The van der Waals surface area contributed by atoms with Crippen molar-refractivity contribution in [3.8, 4) is 0 Å². The molecule has 0 saturated carbocycles. The standard InChI is InChI=1S/C13H11ClN2O/c1-9-11(14)3-2-4-12(9)16-13(17)10-5-7-15-8-6-10/h2-8H,1H3,(H,16,17). The van der Waals surface area contributed by atoms with Crippen molar-refractivity contribution in [2.45, 2.75) is 6.92 Å². The molecule has 0 bridgehead atoms. The summed E-state index contributed by atoms with van der Waals surface area (Å²) < 4.78 is 0. The molecule has 1 amide bonds. The van der Waals surface area contributed by atoms with Gasteiger partial charge in [0, 0.05) is 28.7 Å². The molecule has 0 fully saturated rings. The molecule has 1 aromatic heterocycles. The van der Waals surface area contributed by atoms with E-state index in [1.165, 1.54) is 0 Å². The number of halogens is 1. The third kappa shape index (κ3) is 2.63. The first kappa shape index (κ1) is 11.6. The molecule has 2 rings (SSSR count). The summed E-state index contributed by atoms with van der Waals surface area (Å²) in [5, 5.41) is 3.45. The third-order valence-electron chi connectivity index (χ3n) is 2.46. The van der Waals surface area contributed by atoms with E-state index in [2.05, 4.69) is 10.3 Å². The van der Waals surface area contributed by atoms with E-state index in [-0.39, 0.29) is 5.91 Å². The van der Waals surface area contributed by atoms with Crippen LogP contribution >= 0.6 is 11.6 Å². The molecule has 0 atom stereocenters. The predicted molar refractivity (Wildman–Crippen MR) is 68.4 cm³/mol. The Balaban J connectivity index is 2.22. The van der Waals surface area contributed by atoms with Gasteiger partial charge in [-0.1, -0.05) is 17.7 Å². The van der Waals surface area contributed by atoms with Gasteiger partial charge in [0.15, 0.2) is 0 Å². The van der Waals surface area contributed by atoms with Crippen LogP contribution in [0.15, 0.2) is 42.7 Å². The molecular weight excluding hydrogens is 236 g/mol. The van der Waals surface area contributed by atoms with Crippen LogP contribution < -0.4 is 5.32 Å². The zero-order valence-electron chi connectivity index (χ0n) is 9.27. The smallest absolute Gasteiger partial charge is 0.255 e. The van der Waals surface area contributed by atoms with Gasteiger partial charge in [-0.25, -0.2) is 0 Å². The quantitative estimate of drug-likeness (QED) is 0.884. The van der Waals surface area contributed by atoms with Crippen LogP contribution in [-0.4, -0.2) is 10.9 Å². The second-order valence-corrected chi connectivity index (χ2v) is 4.01. The van der Waals surface area contributed by atoms with Crippen LogP contribution in [0.25, 0.3) is 0 Å². The highest BCUT2D eigenvalue weighted by molar-refractivity contribution is 6.31. The lowest BCUT2D eigenvalue weighted by Gasteiger charge is -2.09. The molecule has 0 radical (unpaired) electrons. The van der Waals surface area contributed by atoms with Crippen LogP contribution in [0, 0.1) is 6.92 Å². The minimum absolute atomic E-state index is 0.169. The largest absolute Gasteiger partial charge is 0.322 e. The van der Waals surface area contributed by atoms with Gasteiger partial charge in [0.05, 0.1) is 0 Å². The van der Waals surface area contributed by atoms with Crippen LogP contribution in [-0.2, 0) is 0 Å². The Bertz CT molecular complexity index is 540. The summed E-state index contributed by atoms with van der Waals surface area (Å²) in [5.74, 6) is -0.169. The van der Waals surface area contributed by atoms with E-state index < -0.39 is 0 Å². The maximum atomic E-state index is 11.9. The SMILES string of the molecule is Cc1c(Cl)cccc1NC(=O)c1ccncc1. The molecular formula is C13H11ClN2O. The number of anilines is 1. The van der Waals surface area contributed by atoms with Gasteiger partial charge in [0.25, 0.3) is 5.91 Å². The minimum atomic E-state index is -0.169. The number of amides is 1. The first-order chi connectivity index (χ1) is 8.18. The second kappa shape index (κ2) is 4.97. The molecule has 0 spiro atoms. The average molecular weight is 247 g/mol. The molecule has 2 aromatic rings. The fourth-order valence-electron chi connectivity index (χ4n) is 1.44. The second-order valence-electron chi connectivity index (χ2n) is 3.60. The molecule has 1 N–H and O–H groups in total. The van der Waals surface area contributed by atoms with Crippen LogP contribution in [0.3, 0.4) is 0 Å². The van der Waals surface area contributed by atoms with Gasteiger partial charge in [-0.15, -0.1) is 0 Å². The summed E-state index contributed by atoms with van der Waals surface area (Å²) in [6, 6.07) is 8.74. The molecule has 1 aromatic carbocycles. The monoisotopic (exact) mass is 246 g/mol. The summed E-state index contributed by atoms with van der Waals surface area (Å²) in [7, 11) is 0. The van der Waals surface area contributed by atoms with E-state index in [0.29, 0.717) is 10.6 Å². The third-order valence-corrected chi connectivity index (χ3v) is 2.87. The summed E-state index contributed by atoms with van der Waals surface area (Å²) >= 11 is 5.98. The number of aromatic nitrogens is 1. The highest BCUT2D eigenvalue weighted by atomic mass is 35.5. The Kier molecular flexibility index (Phi) is 3.40. The topological polar surface area (TPSA) is 42.0 Å². The van der Waals surface area contributed by atoms with Crippen molar-refractivity contribution in [3.63, 3.8) is 0 Å². The van der Waals surface area contributed by atoms with Gasteiger partial charge in [-0.2, -0.15) is 0 Å². The van der Waals surface area contributed by atoms with Gasteiger partial charge >= 0.3 is 0 Å². The first-order valence-electron chi connectivity index (χ1n) is 5.15. The number of benzene rings is 1.